The van der Waals surface area contributed by atoms with Gasteiger partial charge in [0.15, 0.2) is 0 Å². The number of aryl methyl sites for hydroxylation is 1. The van der Waals surface area contributed by atoms with E-state index < -0.39 is 0 Å². The van der Waals surface area contributed by atoms with Crippen LogP contribution in [-0.2, 0) is 0 Å². The number of hydrogen-bond donors (Lipinski definition) is 0. The first-order chi connectivity index (χ1) is 7.86. The molecule has 0 unspecified atom stereocenters. The molecule has 1 aliphatic carbocycles. The van der Waals surface area contributed by atoms with Crippen molar-refractivity contribution in [3.63, 3.8) is 0 Å². The summed E-state index contributed by atoms with van der Waals surface area (Å²) in [5, 5.41) is 0. The van der Waals surface area contributed by atoms with Gasteiger partial charge in [0.05, 0.1) is 0 Å². The third-order valence-corrected chi connectivity index (χ3v) is 2.44. The molecule has 1 aromatic carbocycles. The van der Waals surface area contributed by atoms with E-state index in [0.29, 0.717) is 0 Å². The lowest BCUT2D eigenvalue weighted by Crippen LogP contribution is -1.84. The SMILES string of the molecule is C.C.C=C.Cc1ccccc1/C=C1/C=CC=CC1. The van der Waals surface area contributed by atoms with E-state index in [1.165, 1.54) is 16.7 Å². The molecule has 0 heteroatoms. The largest absolute Gasteiger partial charge is 0.106 e. The maximum atomic E-state index is 3.00. The highest BCUT2D eigenvalue weighted by Crippen LogP contribution is 2.17. The molecule has 0 heterocycles. The summed E-state index contributed by atoms with van der Waals surface area (Å²) in [5.41, 5.74) is 4.03. The van der Waals surface area contributed by atoms with Crippen molar-refractivity contribution >= 4 is 6.08 Å². The van der Waals surface area contributed by atoms with Gasteiger partial charge in [0.25, 0.3) is 0 Å². The van der Waals surface area contributed by atoms with E-state index in [9.17, 15) is 0 Å². The Morgan fingerprint density at radius 1 is 1.06 bits per heavy atom. The van der Waals surface area contributed by atoms with Gasteiger partial charge in [-0.2, -0.15) is 0 Å². The van der Waals surface area contributed by atoms with E-state index >= 15 is 0 Å². The zero-order valence-electron chi connectivity index (χ0n) is 9.82. The molecular formula is C18H26. The van der Waals surface area contributed by atoms with Crippen LogP contribution >= 0.6 is 0 Å². The third kappa shape index (κ3) is 5.49. The van der Waals surface area contributed by atoms with Gasteiger partial charge in [0.1, 0.15) is 0 Å². The first kappa shape index (κ1) is 18.5. The summed E-state index contributed by atoms with van der Waals surface area (Å²) in [4.78, 5) is 0. The first-order valence-corrected chi connectivity index (χ1v) is 5.46. The molecule has 0 bridgehead atoms. The van der Waals surface area contributed by atoms with Gasteiger partial charge in [-0.25, -0.2) is 0 Å². The van der Waals surface area contributed by atoms with Crippen molar-refractivity contribution in [3.05, 3.63) is 78.4 Å². The highest BCUT2D eigenvalue weighted by atomic mass is 14.0. The van der Waals surface area contributed by atoms with Crippen LogP contribution in [0.25, 0.3) is 6.08 Å². The lowest BCUT2D eigenvalue weighted by Gasteiger charge is -2.04. The van der Waals surface area contributed by atoms with Crippen molar-refractivity contribution in [3.8, 4) is 0 Å². The molecular weight excluding hydrogens is 216 g/mol. The Hall–Kier alpha value is -1.82. The van der Waals surface area contributed by atoms with E-state index in [1.54, 1.807) is 0 Å². The van der Waals surface area contributed by atoms with Crippen LogP contribution in [0.1, 0.15) is 32.4 Å². The topological polar surface area (TPSA) is 0 Å². The molecule has 0 nitrogen and oxygen atoms in total. The van der Waals surface area contributed by atoms with Crippen molar-refractivity contribution in [2.75, 3.05) is 0 Å². The molecule has 0 fully saturated rings. The molecule has 1 aliphatic rings. The van der Waals surface area contributed by atoms with Crippen molar-refractivity contribution in [1.82, 2.24) is 0 Å². The van der Waals surface area contributed by atoms with Crippen molar-refractivity contribution in [2.45, 2.75) is 28.2 Å². The minimum absolute atomic E-state index is 0. The van der Waals surface area contributed by atoms with Crippen LogP contribution in [0.2, 0.25) is 0 Å². The summed E-state index contributed by atoms with van der Waals surface area (Å²) < 4.78 is 0. The van der Waals surface area contributed by atoms with E-state index in [4.69, 9.17) is 0 Å². The van der Waals surface area contributed by atoms with E-state index in [-0.39, 0.29) is 14.9 Å². The molecule has 0 radical (unpaired) electrons. The minimum atomic E-state index is 0. The van der Waals surface area contributed by atoms with Crippen LogP contribution in [0, 0.1) is 6.92 Å². The van der Waals surface area contributed by atoms with Gasteiger partial charge in [-0.3, -0.25) is 0 Å². The Labute approximate surface area is 113 Å². The van der Waals surface area contributed by atoms with Crippen LogP contribution < -0.4 is 0 Å². The minimum Gasteiger partial charge on any atom is -0.106 e. The highest BCUT2D eigenvalue weighted by molar-refractivity contribution is 5.60. The lowest BCUT2D eigenvalue weighted by molar-refractivity contribution is 1.28. The zero-order valence-corrected chi connectivity index (χ0v) is 9.82. The second kappa shape index (κ2) is 10.3. The summed E-state index contributed by atoms with van der Waals surface area (Å²) >= 11 is 0. The Balaban J connectivity index is 0. The number of allylic oxidation sites excluding steroid dienone is 5. The average Bonchev–Trinajstić information content (AvgIpc) is 2.36. The number of hydrogen-bond acceptors (Lipinski definition) is 0. The number of rotatable bonds is 1. The predicted molar refractivity (Wildman–Crippen MR) is 86.8 cm³/mol. The second-order valence-corrected chi connectivity index (χ2v) is 3.57. The average molecular weight is 242 g/mol. The van der Waals surface area contributed by atoms with Crippen LogP contribution in [0.15, 0.2) is 67.3 Å². The zero-order chi connectivity index (χ0) is 11.8. The molecule has 2 rings (SSSR count). The van der Waals surface area contributed by atoms with Crippen LogP contribution in [0.4, 0.5) is 0 Å². The molecule has 0 aromatic heterocycles. The van der Waals surface area contributed by atoms with Crippen molar-refractivity contribution in [2.24, 2.45) is 0 Å². The quantitative estimate of drug-likeness (QED) is 0.532. The van der Waals surface area contributed by atoms with Gasteiger partial charge in [0.2, 0.25) is 0 Å². The molecule has 0 aliphatic heterocycles. The van der Waals surface area contributed by atoms with Gasteiger partial charge >= 0.3 is 0 Å². The Morgan fingerprint density at radius 2 is 1.72 bits per heavy atom. The maximum absolute atomic E-state index is 3.00. The summed E-state index contributed by atoms with van der Waals surface area (Å²) in [6, 6.07) is 8.47. The van der Waals surface area contributed by atoms with E-state index in [0.717, 1.165) is 6.42 Å². The van der Waals surface area contributed by atoms with Gasteiger partial charge in [-0.15, -0.1) is 13.2 Å². The van der Waals surface area contributed by atoms with Crippen LogP contribution in [0.3, 0.4) is 0 Å². The molecule has 18 heavy (non-hydrogen) atoms. The second-order valence-electron chi connectivity index (χ2n) is 3.57. The smallest absolute Gasteiger partial charge is 0.00941 e. The normalized spacial score (nSPS) is 13.9. The van der Waals surface area contributed by atoms with Crippen molar-refractivity contribution < 1.29 is 0 Å². The third-order valence-electron chi connectivity index (χ3n) is 2.44. The molecule has 0 saturated heterocycles. The Kier molecular flexibility index (Phi) is 10.7. The predicted octanol–water partition coefficient (Wildman–Crippen LogP) is 5.97. The summed E-state index contributed by atoms with van der Waals surface area (Å²) in [6.07, 6.45) is 11.8. The van der Waals surface area contributed by atoms with Crippen molar-refractivity contribution in [1.29, 1.82) is 0 Å². The molecule has 0 amide bonds. The molecule has 0 N–H and O–H groups in total. The summed E-state index contributed by atoms with van der Waals surface area (Å²) in [6.45, 7) is 8.15. The molecule has 0 spiro atoms. The fourth-order valence-corrected chi connectivity index (χ4v) is 1.59. The lowest BCUT2D eigenvalue weighted by atomic mass is 10.0. The standard InChI is InChI=1S/C14H14.C2H4.2CH4/c1-12-7-5-6-10-14(12)11-13-8-3-2-4-9-13;1-2;;/h2-8,10-11H,9H2,1H3;1-2H2;2*1H4/b13-11-;;;. The summed E-state index contributed by atoms with van der Waals surface area (Å²) in [5.74, 6) is 0. The van der Waals surface area contributed by atoms with Crippen LogP contribution in [0.5, 0.6) is 0 Å². The molecule has 0 saturated carbocycles. The van der Waals surface area contributed by atoms with E-state index in [2.05, 4.69) is 74.7 Å². The molecule has 98 valence electrons. The van der Waals surface area contributed by atoms with E-state index in [1.807, 2.05) is 0 Å². The first-order valence-electron chi connectivity index (χ1n) is 5.46. The summed E-state index contributed by atoms with van der Waals surface area (Å²) in [7, 11) is 0. The maximum Gasteiger partial charge on any atom is -0.00941 e. The fraction of sp³-hybridized carbons (Fsp3) is 0.222. The number of benzene rings is 1. The van der Waals surface area contributed by atoms with Crippen LogP contribution in [-0.4, -0.2) is 0 Å². The van der Waals surface area contributed by atoms with Gasteiger partial charge in [-0.1, -0.05) is 69.5 Å². The highest BCUT2D eigenvalue weighted by Gasteiger charge is 1.96. The fourth-order valence-electron chi connectivity index (χ4n) is 1.59. The molecule has 0 atom stereocenters. The van der Waals surface area contributed by atoms with Gasteiger partial charge < -0.3 is 0 Å². The monoisotopic (exact) mass is 242 g/mol. The Bertz CT molecular complexity index is 419. The Morgan fingerprint density at radius 3 is 2.28 bits per heavy atom. The van der Waals surface area contributed by atoms with Gasteiger partial charge in [-0.05, 0) is 30.0 Å². The van der Waals surface area contributed by atoms with Gasteiger partial charge in [0, 0.05) is 0 Å². The molecule has 1 aromatic rings.